The second-order valence-corrected chi connectivity index (χ2v) is 11.1. The summed E-state index contributed by atoms with van der Waals surface area (Å²) < 4.78 is 17.5. The maximum Gasteiger partial charge on any atom is 0.316 e. The molecule has 5 nitrogen and oxygen atoms in total. The lowest BCUT2D eigenvalue weighted by Crippen LogP contribution is -2.60. The first-order valence-electron chi connectivity index (χ1n) is 11.8. The summed E-state index contributed by atoms with van der Waals surface area (Å²) in [4.78, 5) is 26.3. The smallest absolute Gasteiger partial charge is 0.316 e. The van der Waals surface area contributed by atoms with Crippen LogP contribution in [0.1, 0.15) is 73.1 Å². The van der Waals surface area contributed by atoms with Gasteiger partial charge < -0.3 is 14.2 Å². The summed E-state index contributed by atoms with van der Waals surface area (Å²) in [6, 6.07) is 0. The van der Waals surface area contributed by atoms with Gasteiger partial charge in [0.15, 0.2) is 5.79 Å². The Kier molecular flexibility index (Phi) is 5.54. The second-order valence-electron chi connectivity index (χ2n) is 11.1. The van der Waals surface area contributed by atoms with E-state index >= 15 is 0 Å². The summed E-state index contributed by atoms with van der Waals surface area (Å²) in [5.74, 6) is -2.03. The Morgan fingerprint density at radius 1 is 1.16 bits per heavy atom. The SMILES string of the molecule is COC(=O)[C@H]1C(=O)C[C@]2(C)C3(CC[C@@]2(C)[C@@H]1C/C=C1/C(C)=CCCC1(C)C)OCCO3. The minimum Gasteiger partial charge on any atom is -0.468 e. The van der Waals surface area contributed by atoms with Crippen LogP contribution in [-0.4, -0.2) is 37.9 Å². The van der Waals surface area contributed by atoms with Gasteiger partial charge in [0.25, 0.3) is 0 Å². The number of carbonyl (C=O) groups excluding carboxylic acids is 2. The van der Waals surface area contributed by atoms with E-state index in [0.717, 1.165) is 25.7 Å². The predicted molar refractivity (Wildman–Crippen MR) is 118 cm³/mol. The summed E-state index contributed by atoms with van der Waals surface area (Å²) >= 11 is 0. The first-order chi connectivity index (χ1) is 14.5. The van der Waals surface area contributed by atoms with Gasteiger partial charge in [-0.25, -0.2) is 0 Å². The van der Waals surface area contributed by atoms with Crippen LogP contribution in [-0.2, 0) is 23.8 Å². The van der Waals surface area contributed by atoms with E-state index in [1.165, 1.54) is 18.3 Å². The number of ether oxygens (including phenoxy) is 3. The number of allylic oxidation sites excluding steroid dienone is 4. The van der Waals surface area contributed by atoms with Crippen molar-refractivity contribution < 1.29 is 23.8 Å². The van der Waals surface area contributed by atoms with Gasteiger partial charge in [0, 0.05) is 18.3 Å². The second kappa shape index (κ2) is 7.55. The summed E-state index contributed by atoms with van der Waals surface area (Å²) in [7, 11) is 1.39. The van der Waals surface area contributed by atoms with Crippen LogP contribution in [0.4, 0.5) is 0 Å². The average Bonchev–Trinajstić information content (AvgIpc) is 3.26. The van der Waals surface area contributed by atoms with Gasteiger partial charge in [-0.2, -0.15) is 0 Å². The summed E-state index contributed by atoms with van der Waals surface area (Å²) in [6.45, 7) is 12.3. The predicted octanol–water partition coefficient (Wildman–Crippen LogP) is 5.00. The van der Waals surface area contributed by atoms with E-state index in [1.807, 2.05) is 0 Å². The highest BCUT2D eigenvalue weighted by Gasteiger charge is 2.72. The minimum absolute atomic E-state index is 0.0363. The van der Waals surface area contributed by atoms with Crippen LogP contribution in [0.15, 0.2) is 23.3 Å². The quantitative estimate of drug-likeness (QED) is 0.466. The molecule has 0 radical (unpaired) electrons. The first-order valence-corrected chi connectivity index (χ1v) is 11.8. The Labute approximate surface area is 186 Å². The molecule has 1 heterocycles. The monoisotopic (exact) mass is 430 g/mol. The van der Waals surface area contributed by atoms with E-state index in [9.17, 15) is 9.59 Å². The molecule has 0 N–H and O–H groups in total. The molecular weight excluding hydrogens is 392 g/mol. The van der Waals surface area contributed by atoms with Gasteiger partial charge in [-0.3, -0.25) is 9.59 Å². The molecule has 0 aromatic rings. The molecule has 0 unspecified atom stereocenters. The van der Waals surface area contributed by atoms with Crippen LogP contribution in [0.25, 0.3) is 0 Å². The van der Waals surface area contributed by atoms with Crippen LogP contribution in [0, 0.1) is 28.1 Å². The topological polar surface area (TPSA) is 61.8 Å². The molecule has 4 rings (SSSR count). The van der Waals surface area contributed by atoms with Gasteiger partial charge in [-0.05, 0) is 54.9 Å². The molecule has 0 bridgehead atoms. The van der Waals surface area contributed by atoms with E-state index in [-0.39, 0.29) is 22.5 Å². The van der Waals surface area contributed by atoms with Crippen LogP contribution in [0.2, 0.25) is 0 Å². The molecule has 1 aliphatic heterocycles. The van der Waals surface area contributed by atoms with Gasteiger partial charge in [-0.1, -0.05) is 45.4 Å². The lowest BCUT2D eigenvalue weighted by molar-refractivity contribution is -0.251. The van der Waals surface area contributed by atoms with Crippen molar-refractivity contribution in [3.05, 3.63) is 23.3 Å². The number of rotatable bonds is 3. The molecule has 2 saturated carbocycles. The maximum atomic E-state index is 13.4. The molecule has 4 atom stereocenters. The van der Waals surface area contributed by atoms with Crippen molar-refractivity contribution in [2.75, 3.05) is 20.3 Å². The van der Waals surface area contributed by atoms with E-state index < -0.39 is 23.1 Å². The van der Waals surface area contributed by atoms with Crippen molar-refractivity contribution in [1.29, 1.82) is 0 Å². The van der Waals surface area contributed by atoms with E-state index in [2.05, 4.69) is 46.8 Å². The van der Waals surface area contributed by atoms with Crippen molar-refractivity contribution in [1.82, 2.24) is 0 Å². The number of fused-ring (bicyclic) bond motifs is 2. The highest BCUT2D eigenvalue weighted by Crippen LogP contribution is 2.70. The van der Waals surface area contributed by atoms with Crippen molar-refractivity contribution in [2.24, 2.45) is 28.1 Å². The minimum atomic E-state index is -0.729. The van der Waals surface area contributed by atoms with Gasteiger partial charge in [0.2, 0.25) is 0 Å². The normalized spacial score (nSPS) is 40.1. The molecule has 3 fully saturated rings. The molecule has 31 heavy (non-hydrogen) atoms. The largest absolute Gasteiger partial charge is 0.468 e. The van der Waals surface area contributed by atoms with E-state index in [4.69, 9.17) is 14.2 Å². The van der Waals surface area contributed by atoms with Crippen LogP contribution < -0.4 is 0 Å². The van der Waals surface area contributed by atoms with E-state index in [0.29, 0.717) is 26.1 Å². The standard InChI is InChI=1S/C26H38O5/c1-17-8-7-11-23(2,3)18(17)9-10-19-21(22(28)29-6)20(27)16-25(5)24(19,4)12-13-26(25)30-14-15-31-26/h8-9,19,21H,7,10-16H2,1-6H3/b18-9-/t19-,21-,24+,25+/m1/s1. The van der Waals surface area contributed by atoms with Gasteiger partial charge in [-0.15, -0.1) is 0 Å². The fraction of sp³-hybridized carbons (Fsp3) is 0.769. The molecule has 5 heteroatoms. The summed E-state index contributed by atoms with van der Waals surface area (Å²) in [5.41, 5.74) is 2.01. The van der Waals surface area contributed by atoms with Crippen molar-refractivity contribution in [3.63, 3.8) is 0 Å². The molecular formula is C26H38O5. The van der Waals surface area contributed by atoms with Crippen LogP contribution in [0.3, 0.4) is 0 Å². The number of methoxy groups -OCH3 is 1. The van der Waals surface area contributed by atoms with Crippen LogP contribution in [0.5, 0.6) is 0 Å². The molecule has 1 spiro atoms. The Morgan fingerprint density at radius 2 is 1.84 bits per heavy atom. The molecule has 172 valence electrons. The molecule has 0 aromatic heterocycles. The molecule has 0 amide bonds. The molecule has 1 saturated heterocycles. The number of hydrogen-bond acceptors (Lipinski definition) is 5. The Balaban J connectivity index is 1.77. The summed E-state index contributed by atoms with van der Waals surface area (Å²) in [5, 5.41) is 0. The lowest BCUT2D eigenvalue weighted by Gasteiger charge is -2.55. The fourth-order valence-corrected chi connectivity index (χ4v) is 7.24. The van der Waals surface area contributed by atoms with Gasteiger partial charge >= 0.3 is 5.97 Å². The third-order valence-electron chi connectivity index (χ3n) is 9.33. The maximum absolute atomic E-state index is 13.4. The lowest BCUT2D eigenvalue weighted by atomic mass is 9.49. The fourth-order valence-electron chi connectivity index (χ4n) is 7.24. The van der Waals surface area contributed by atoms with Crippen molar-refractivity contribution >= 4 is 11.8 Å². The third-order valence-corrected chi connectivity index (χ3v) is 9.33. The van der Waals surface area contributed by atoms with Crippen molar-refractivity contribution in [2.45, 2.75) is 78.9 Å². The summed E-state index contributed by atoms with van der Waals surface area (Å²) in [6.07, 6.45) is 9.41. The first kappa shape index (κ1) is 22.7. The number of carbonyl (C=O) groups is 2. The number of hydrogen-bond donors (Lipinski definition) is 0. The number of Topliss-reactive ketones (excluding diaryl/α,β-unsaturated/α-hetero) is 1. The third kappa shape index (κ3) is 3.18. The Hall–Kier alpha value is -1.46. The Bertz CT molecular complexity index is 831. The zero-order chi connectivity index (χ0) is 22.7. The average molecular weight is 431 g/mol. The molecule has 4 aliphatic rings. The van der Waals surface area contributed by atoms with E-state index in [1.54, 1.807) is 0 Å². The highest BCUT2D eigenvalue weighted by atomic mass is 16.7. The zero-order valence-corrected chi connectivity index (χ0v) is 20.0. The molecule has 3 aliphatic carbocycles. The van der Waals surface area contributed by atoms with Crippen molar-refractivity contribution in [3.8, 4) is 0 Å². The molecule has 0 aromatic carbocycles. The van der Waals surface area contributed by atoms with Gasteiger partial charge in [0.05, 0.1) is 20.3 Å². The number of esters is 1. The Morgan fingerprint density at radius 3 is 2.45 bits per heavy atom. The zero-order valence-electron chi connectivity index (χ0n) is 20.0. The number of ketones is 1. The van der Waals surface area contributed by atoms with Gasteiger partial charge in [0.1, 0.15) is 11.7 Å². The highest BCUT2D eigenvalue weighted by molar-refractivity contribution is 6.00. The van der Waals surface area contributed by atoms with Crippen LogP contribution >= 0.6 is 0 Å².